The van der Waals surface area contributed by atoms with Crippen molar-refractivity contribution in [3.05, 3.63) is 0 Å². The number of hydrogen-bond acceptors (Lipinski definition) is 27. The molecule has 0 amide bonds. The van der Waals surface area contributed by atoms with Gasteiger partial charge in [-0.05, 0) is 0 Å². The lowest BCUT2D eigenvalue weighted by molar-refractivity contribution is -0.777. The molecular weight excluding hydrogens is 720 g/mol. The van der Waals surface area contributed by atoms with Crippen LogP contribution < -0.4 is 15.6 Å². The minimum absolute atomic E-state index is 0.175. The minimum Gasteiger partial charge on any atom is -0.726 e. The van der Waals surface area contributed by atoms with Crippen molar-refractivity contribution in [2.75, 3.05) is 13.2 Å². The molecule has 9 atom stereocenters. The minimum atomic E-state index is -5.78. The van der Waals surface area contributed by atoms with Crippen LogP contribution in [0.2, 0.25) is 0 Å². The zero-order valence-corrected chi connectivity index (χ0v) is 24.0. The standard InChI is InChI=1S/C12H20O26S5/c13-5-8(32-40-38-36-17)10(34-43(24,25)26)12(31-9(5)11(14)15)30-6-3(1-27-39-37-35-16)29-4(2-28-41(18,19)20)7(6)33-42(21,22)23/h3-10,12-13,16-17H,1-2H2,(H,14,15)(H,18,19,20)(H,21,22,23)(H,24,25,26)/p-4. The molecule has 2 fully saturated rings. The van der Waals surface area contributed by atoms with Crippen LogP contribution in [0.3, 0.4) is 0 Å². The molecule has 0 aromatic heterocycles. The highest BCUT2D eigenvalue weighted by molar-refractivity contribution is 7.90. The highest BCUT2D eigenvalue weighted by atomic mass is 32.3. The van der Waals surface area contributed by atoms with Crippen molar-refractivity contribution in [1.82, 2.24) is 0 Å². The summed E-state index contributed by atoms with van der Waals surface area (Å²) in [6.07, 6.45) is -20.7. The van der Waals surface area contributed by atoms with E-state index < -0.39 is 118 Å². The Morgan fingerprint density at radius 2 is 1.44 bits per heavy atom. The fraction of sp³-hybridized carbons (Fsp3) is 0.917. The number of ether oxygens (including phenoxy) is 3. The Morgan fingerprint density at radius 3 is 1.98 bits per heavy atom. The molecule has 0 spiro atoms. The summed E-state index contributed by atoms with van der Waals surface area (Å²) in [6.45, 7) is -2.28. The largest absolute Gasteiger partial charge is 0.726 e. The van der Waals surface area contributed by atoms with E-state index in [4.69, 9.17) is 27.1 Å². The van der Waals surface area contributed by atoms with E-state index in [-0.39, 0.29) is 12.3 Å². The predicted octanol–water partition coefficient (Wildman–Crippen LogP) is -8.37. The number of aliphatic hydroxyl groups is 1. The topological polar surface area (TPSA) is 389 Å². The Bertz CT molecular complexity index is 1210. The first-order valence-electron chi connectivity index (χ1n) is 10.2. The van der Waals surface area contributed by atoms with E-state index in [2.05, 4.69) is 31.3 Å². The molecule has 0 aliphatic carbocycles. The van der Waals surface area contributed by atoms with Gasteiger partial charge in [-0.15, -0.1) is 17.1 Å². The van der Waals surface area contributed by atoms with Crippen molar-refractivity contribution in [2.45, 2.75) is 55.1 Å². The van der Waals surface area contributed by atoms with E-state index in [0.29, 0.717) is 0 Å². The van der Waals surface area contributed by atoms with Crippen molar-refractivity contribution in [2.24, 2.45) is 0 Å². The van der Waals surface area contributed by atoms with Gasteiger partial charge in [0.2, 0.25) is 20.8 Å². The molecule has 2 heterocycles. The highest BCUT2D eigenvalue weighted by Crippen LogP contribution is 2.36. The second kappa shape index (κ2) is 16.7. The lowest BCUT2D eigenvalue weighted by Crippen LogP contribution is -2.65. The van der Waals surface area contributed by atoms with Crippen molar-refractivity contribution < 1.29 is 118 Å². The van der Waals surface area contributed by atoms with E-state index in [1.807, 2.05) is 0 Å². The maximum atomic E-state index is 11.6. The van der Waals surface area contributed by atoms with Crippen LogP contribution in [0.15, 0.2) is 0 Å². The van der Waals surface area contributed by atoms with Gasteiger partial charge in [-0.3, -0.25) is 26.8 Å². The molecule has 0 aromatic rings. The Balaban J connectivity index is 2.54. The summed E-state index contributed by atoms with van der Waals surface area (Å²) in [4.78, 5) is 11.6. The van der Waals surface area contributed by atoms with Crippen LogP contribution in [0.4, 0.5) is 0 Å². The zero-order chi connectivity index (χ0) is 32.6. The summed E-state index contributed by atoms with van der Waals surface area (Å²) < 4.78 is 143. The van der Waals surface area contributed by atoms with Gasteiger partial charge in [-0.2, -0.15) is 4.18 Å². The van der Waals surface area contributed by atoms with Crippen molar-refractivity contribution in [3.8, 4) is 0 Å². The second-order valence-corrected chi connectivity index (χ2v) is 11.6. The van der Waals surface area contributed by atoms with Crippen LogP contribution >= 0.6 is 24.6 Å². The van der Waals surface area contributed by atoms with Crippen LogP contribution in [-0.2, 0) is 89.9 Å². The van der Waals surface area contributed by atoms with Gasteiger partial charge in [0.05, 0.1) is 19.2 Å². The molecule has 254 valence electrons. The monoisotopic (exact) mass is 736 g/mol. The number of aliphatic carboxylic acids is 1. The molecule has 2 saturated heterocycles. The lowest BCUT2D eigenvalue weighted by atomic mass is 9.98. The Hall–Kier alpha value is -0.700. The fourth-order valence-corrected chi connectivity index (χ4v) is 5.40. The molecule has 3 N–H and O–H groups in total. The van der Waals surface area contributed by atoms with Crippen LogP contribution in [0.25, 0.3) is 0 Å². The van der Waals surface area contributed by atoms with Crippen LogP contribution in [0.1, 0.15) is 0 Å². The van der Waals surface area contributed by atoms with Gasteiger partial charge in [-0.1, -0.05) is 0 Å². The third-order valence-corrected chi connectivity index (χ3v) is 6.95. The third-order valence-electron chi connectivity index (χ3n) is 4.83. The maximum absolute atomic E-state index is 11.6. The van der Waals surface area contributed by atoms with Gasteiger partial charge < -0.3 is 53.4 Å². The molecule has 43 heavy (non-hydrogen) atoms. The number of aliphatic hydroxyl groups excluding tert-OH is 1. The predicted molar refractivity (Wildman–Crippen MR) is 111 cm³/mol. The van der Waals surface area contributed by atoms with Gasteiger partial charge in [-0.25, -0.2) is 16.8 Å². The van der Waals surface area contributed by atoms with E-state index in [0.717, 1.165) is 0 Å². The molecule has 26 nitrogen and oxygen atoms in total. The summed E-state index contributed by atoms with van der Waals surface area (Å²) in [5.41, 5.74) is 0. The van der Waals surface area contributed by atoms with Crippen molar-refractivity contribution >= 4 is 61.8 Å². The first kappa shape index (κ1) is 38.5. The summed E-state index contributed by atoms with van der Waals surface area (Å²) in [7, 11) is -16.6. The molecule has 0 saturated carbocycles. The Morgan fingerprint density at radius 1 is 0.837 bits per heavy atom. The third kappa shape index (κ3) is 12.9. The number of carboxylic acids is 1. The fourth-order valence-electron chi connectivity index (χ4n) is 3.48. The summed E-state index contributed by atoms with van der Waals surface area (Å²) in [5, 5.41) is 48.0. The molecule has 0 bridgehead atoms. The van der Waals surface area contributed by atoms with E-state index in [1.54, 1.807) is 0 Å². The SMILES string of the molecule is O=C([O-])C1OC(OC2C(COSOO[O-])OC(COS(=O)(=O)[O-])C2OS(=O)(=O)[O-])C(OS(=O)(=O)[OH2+])C(OSOO[O-])C1O. The first-order valence-corrected chi connectivity index (χ1v) is 15.6. The molecular formula is C12H16O26S5-4. The van der Waals surface area contributed by atoms with Gasteiger partial charge in [0, 0.05) is 0 Å². The van der Waals surface area contributed by atoms with Crippen molar-refractivity contribution in [3.63, 3.8) is 0 Å². The smallest absolute Gasteiger partial charge is 0.529 e. The van der Waals surface area contributed by atoms with Crippen molar-refractivity contribution in [1.29, 1.82) is 0 Å². The highest BCUT2D eigenvalue weighted by Gasteiger charge is 2.55. The van der Waals surface area contributed by atoms with Crippen LogP contribution in [0, 0.1) is 0 Å². The quantitative estimate of drug-likeness (QED) is 0.0244. The normalized spacial score (nSPS) is 32.2. The maximum Gasteiger partial charge on any atom is 0.529 e. The number of carbonyl (C=O) groups is 1. The number of carbonyl (C=O) groups excluding carboxylic acids is 1. The Kier molecular flexibility index (Phi) is 15.0. The van der Waals surface area contributed by atoms with Gasteiger partial charge in [0.25, 0.3) is 0 Å². The molecule has 0 radical (unpaired) electrons. The van der Waals surface area contributed by atoms with Crippen LogP contribution in [-0.4, -0.2) is 118 Å². The van der Waals surface area contributed by atoms with E-state index >= 15 is 0 Å². The summed E-state index contributed by atoms with van der Waals surface area (Å²) in [5.74, 6) is -2.22. The lowest BCUT2D eigenvalue weighted by Gasteiger charge is -2.43. The molecule has 2 rings (SSSR count). The first-order chi connectivity index (χ1) is 19.9. The Labute approximate surface area is 248 Å². The number of carboxylic acid groups (broad SMARTS) is 1. The number of rotatable bonds is 19. The molecule has 2 aliphatic rings. The van der Waals surface area contributed by atoms with Gasteiger partial charge >= 0.3 is 10.4 Å². The molecule has 9 unspecified atom stereocenters. The molecule has 2 aliphatic heterocycles. The summed E-state index contributed by atoms with van der Waals surface area (Å²) in [6, 6.07) is 0. The molecule has 31 heteroatoms. The summed E-state index contributed by atoms with van der Waals surface area (Å²) >= 11 is -0.592. The van der Waals surface area contributed by atoms with E-state index in [9.17, 15) is 59.9 Å². The average Bonchev–Trinajstić information content (AvgIpc) is 3.16. The number of hydrogen-bond donors (Lipinski definition) is 1. The molecule has 0 aromatic carbocycles. The van der Waals surface area contributed by atoms with Crippen LogP contribution in [0.5, 0.6) is 0 Å². The second-order valence-electron chi connectivity index (χ2n) is 7.48. The van der Waals surface area contributed by atoms with Gasteiger partial charge in [0.15, 0.2) is 37.0 Å². The average molecular weight is 737 g/mol. The zero-order valence-electron chi connectivity index (χ0n) is 19.9. The van der Waals surface area contributed by atoms with Gasteiger partial charge in [0.1, 0.15) is 42.7 Å². The van der Waals surface area contributed by atoms with E-state index in [1.165, 1.54) is 0 Å².